The van der Waals surface area contributed by atoms with Crippen molar-refractivity contribution >= 4 is 12.0 Å². The summed E-state index contributed by atoms with van der Waals surface area (Å²) in [6, 6.07) is 16.0. The van der Waals surface area contributed by atoms with Crippen molar-refractivity contribution in [3.05, 3.63) is 77.0 Å². The van der Waals surface area contributed by atoms with E-state index in [4.69, 9.17) is 10.1 Å². The fourth-order valence-electron chi connectivity index (χ4n) is 3.68. The van der Waals surface area contributed by atoms with E-state index >= 15 is 0 Å². The summed E-state index contributed by atoms with van der Waals surface area (Å²) in [7, 11) is 0. The van der Waals surface area contributed by atoms with E-state index in [1.54, 1.807) is 12.2 Å². The zero-order chi connectivity index (χ0) is 23.3. The number of aromatic nitrogens is 2. The third-order valence-electron chi connectivity index (χ3n) is 5.07. The summed E-state index contributed by atoms with van der Waals surface area (Å²) in [6.45, 7) is 5.96. The number of carbonyl (C=O) groups is 1. The van der Waals surface area contributed by atoms with Crippen LogP contribution in [0.4, 0.5) is 0 Å². The second-order valence-electron chi connectivity index (χ2n) is 8.05. The topological polar surface area (TPSA) is 104 Å². The molecule has 2 aromatic carbocycles. The third-order valence-corrected chi connectivity index (χ3v) is 5.07. The van der Waals surface area contributed by atoms with Gasteiger partial charge in [-0.25, -0.2) is 9.97 Å². The second-order valence-corrected chi connectivity index (χ2v) is 8.05. The SMILES string of the molecule is Cc1cc(C)cc(-c2nc(-c3ccccc3)nc(C)c2C=C[C@@H](O)CC(O)CC(=O)O)c1. The molecule has 0 aliphatic heterocycles. The summed E-state index contributed by atoms with van der Waals surface area (Å²) in [6.07, 6.45) is 0.699. The molecule has 0 spiro atoms. The van der Waals surface area contributed by atoms with Gasteiger partial charge in [-0.05, 0) is 32.9 Å². The molecule has 0 radical (unpaired) electrons. The van der Waals surface area contributed by atoms with E-state index in [9.17, 15) is 15.0 Å². The van der Waals surface area contributed by atoms with Crippen LogP contribution in [0.1, 0.15) is 35.2 Å². The molecule has 0 saturated heterocycles. The molecule has 6 heteroatoms. The van der Waals surface area contributed by atoms with E-state index in [2.05, 4.69) is 23.2 Å². The Labute approximate surface area is 187 Å². The van der Waals surface area contributed by atoms with Crippen LogP contribution in [0.3, 0.4) is 0 Å². The molecule has 1 unspecified atom stereocenters. The van der Waals surface area contributed by atoms with Gasteiger partial charge in [0.05, 0.1) is 24.3 Å². The maximum absolute atomic E-state index is 10.7. The van der Waals surface area contributed by atoms with Crippen molar-refractivity contribution in [2.75, 3.05) is 0 Å². The highest BCUT2D eigenvalue weighted by molar-refractivity contribution is 5.76. The number of nitrogens with zero attached hydrogens (tertiary/aromatic N) is 2. The molecule has 2 atom stereocenters. The highest BCUT2D eigenvalue weighted by Crippen LogP contribution is 2.29. The molecule has 0 saturated carbocycles. The first-order valence-corrected chi connectivity index (χ1v) is 10.5. The molecule has 0 aliphatic rings. The highest BCUT2D eigenvalue weighted by Gasteiger charge is 2.16. The number of hydrogen-bond acceptors (Lipinski definition) is 5. The first-order valence-electron chi connectivity index (χ1n) is 10.5. The van der Waals surface area contributed by atoms with E-state index < -0.39 is 24.6 Å². The van der Waals surface area contributed by atoms with Crippen LogP contribution < -0.4 is 0 Å². The average Bonchev–Trinajstić information content (AvgIpc) is 2.71. The van der Waals surface area contributed by atoms with E-state index in [1.165, 1.54) is 0 Å². The van der Waals surface area contributed by atoms with Gasteiger partial charge in [-0.15, -0.1) is 0 Å². The Morgan fingerprint density at radius 1 is 0.969 bits per heavy atom. The molecule has 3 aromatic rings. The van der Waals surface area contributed by atoms with Crippen LogP contribution >= 0.6 is 0 Å². The Balaban J connectivity index is 2.03. The standard InChI is InChI=1S/C26H28N2O4/c1-16-11-17(2)13-20(12-16)25-23(10-9-21(29)14-22(30)15-24(31)32)18(3)27-26(28-25)19-7-5-4-6-8-19/h4-13,21-22,29-30H,14-15H2,1-3H3,(H,31,32)/t21-,22?/m1/s1. The van der Waals surface area contributed by atoms with E-state index in [0.717, 1.165) is 39.2 Å². The van der Waals surface area contributed by atoms with Gasteiger partial charge in [0.15, 0.2) is 5.82 Å². The molecule has 0 fully saturated rings. The fourth-order valence-corrected chi connectivity index (χ4v) is 3.68. The number of rotatable bonds is 8. The lowest BCUT2D eigenvalue weighted by Crippen LogP contribution is -2.19. The largest absolute Gasteiger partial charge is 0.481 e. The van der Waals surface area contributed by atoms with E-state index in [-0.39, 0.29) is 6.42 Å². The maximum atomic E-state index is 10.7. The number of benzene rings is 2. The predicted molar refractivity (Wildman–Crippen MR) is 125 cm³/mol. The summed E-state index contributed by atoms with van der Waals surface area (Å²) in [5, 5.41) is 28.9. The zero-order valence-corrected chi connectivity index (χ0v) is 18.5. The van der Waals surface area contributed by atoms with Crippen molar-refractivity contribution < 1.29 is 20.1 Å². The predicted octanol–water partition coefficient (Wildman–Crippen LogP) is 4.34. The third kappa shape index (κ3) is 6.09. The average molecular weight is 433 g/mol. The Hall–Kier alpha value is -3.35. The lowest BCUT2D eigenvalue weighted by molar-refractivity contribution is -0.139. The minimum atomic E-state index is -1.12. The van der Waals surface area contributed by atoms with Crippen LogP contribution in [0, 0.1) is 20.8 Å². The van der Waals surface area contributed by atoms with Crippen LogP contribution in [-0.4, -0.2) is 43.5 Å². The summed E-state index contributed by atoms with van der Waals surface area (Å²) >= 11 is 0. The molecule has 32 heavy (non-hydrogen) atoms. The van der Waals surface area contributed by atoms with Crippen molar-refractivity contribution in [3.8, 4) is 22.6 Å². The highest BCUT2D eigenvalue weighted by atomic mass is 16.4. The van der Waals surface area contributed by atoms with Gasteiger partial charge in [-0.1, -0.05) is 59.7 Å². The molecule has 166 valence electrons. The Kier molecular flexibility index (Phi) is 7.51. The van der Waals surface area contributed by atoms with Crippen LogP contribution in [0.15, 0.2) is 54.6 Å². The summed E-state index contributed by atoms with van der Waals surface area (Å²) in [4.78, 5) is 20.3. The summed E-state index contributed by atoms with van der Waals surface area (Å²) in [5.74, 6) is -0.488. The smallest absolute Gasteiger partial charge is 0.305 e. The summed E-state index contributed by atoms with van der Waals surface area (Å²) in [5.41, 5.74) is 6.36. The quantitative estimate of drug-likeness (QED) is 0.489. The van der Waals surface area contributed by atoms with Gasteiger partial charge in [0, 0.05) is 28.8 Å². The molecule has 3 rings (SSSR count). The summed E-state index contributed by atoms with van der Waals surface area (Å²) < 4.78 is 0. The number of aliphatic carboxylic acids is 1. The number of carboxylic acids is 1. The number of carboxylic acid groups (broad SMARTS) is 1. The normalized spacial score (nSPS) is 13.3. The molecular formula is C26H28N2O4. The monoisotopic (exact) mass is 432 g/mol. The van der Waals surface area contributed by atoms with Gasteiger partial charge in [0.25, 0.3) is 0 Å². The fraction of sp³-hybridized carbons (Fsp3) is 0.269. The van der Waals surface area contributed by atoms with Gasteiger partial charge in [-0.2, -0.15) is 0 Å². The molecular weight excluding hydrogens is 404 g/mol. The molecule has 0 bridgehead atoms. The molecule has 0 amide bonds. The molecule has 1 heterocycles. The van der Waals surface area contributed by atoms with Crippen LogP contribution in [0.2, 0.25) is 0 Å². The molecule has 1 aromatic heterocycles. The molecule has 3 N–H and O–H groups in total. The maximum Gasteiger partial charge on any atom is 0.305 e. The van der Waals surface area contributed by atoms with E-state index in [1.807, 2.05) is 51.1 Å². The first-order chi connectivity index (χ1) is 15.2. The van der Waals surface area contributed by atoms with Gasteiger partial charge < -0.3 is 15.3 Å². The lowest BCUT2D eigenvalue weighted by Gasteiger charge is -2.14. The number of aliphatic hydroxyl groups excluding tert-OH is 2. The second kappa shape index (κ2) is 10.3. The first kappa shape index (κ1) is 23.3. The van der Waals surface area contributed by atoms with Crippen LogP contribution in [0.25, 0.3) is 28.7 Å². The molecule has 6 nitrogen and oxygen atoms in total. The van der Waals surface area contributed by atoms with Crippen molar-refractivity contribution in [2.24, 2.45) is 0 Å². The Morgan fingerprint density at radius 2 is 1.62 bits per heavy atom. The van der Waals surface area contributed by atoms with Crippen LogP contribution in [0.5, 0.6) is 0 Å². The van der Waals surface area contributed by atoms with Crippen molar-refractivity contribution in [3.63, 3.8) is 0 Å². The number of aryl methyl sites for hydroxylation is 3. The van der Waals surface area contributed by atoms with Crippen molar-refractivity contribution in [2.45, 2.75) is 45.8 Å². The minimum Gasteiger partial charge on any atom is -0.481 e. The van der Waals surface area contributed by atoms with Crippen LogP contribution in [-0.2, 0) is 4.79 Å². The Bertz CT molecular complexity index is 1110. The van der Waals surface area contributed by atoms with E-state index in [0.29, 0.717) is 5.82 Å². The van der Waals surface area contributed by atoms with Gasteiger partial charge in [0.1, 0.15) is 0 Å². The van der Waals surface area contributed by atoms with Crippen molar-refractivity contribution in [1.29, 1.82) is 0 Å². The lowest BCUT2D eigenvalue weighted by atomic mass is 9.99. The van der Waals surface area contributed by atoms with Gasteiger partial charge in [0.2, 0.25) is 0 Å². The molecule has 0 aliphatic carbocycles. The Morgan fingerprint density at radius 3 is 2.25 bits per heavy atom. The number of hydrogen-bond donors (Lipinski definition) is 3. The minimum absolute atomic E-state index is 0.0658. The zero-order valence-electron chi connectivity index (χ0n) is 18.5. The van der Waals surface area contributed by atoms with Gasteiger partial charge in [-0.3, -0.25) is 4.79 Å². The number of aliphatic hydroxyl groups is 2. The van der Waals surface area contributed by atoms with Gasteiger partial charge >= 0.3 is 5.97 Å². The van der Waals surface area contributed by atoms with Crippen molar-refractivity contribution in [1.82, 2.24) is 9.97 Å².